The van der Waals surface area contributed by atoms with Crippen LogP contribution in [0.1, 0.15) is 88.5 Å². The van der Waals surface area contributed by atoms with E-state index >= 15 is 4.79 Å². The Kier molecular flexibility index (Phi) is 8.63. The fourth-order valence-electron chi connectivity index (χ4n) is 8.65. The molecule has 0 aromatic carbocycles. The Morgan fingerprint density at radius 3 is 2.05 bits per heavy atom. The number of Topliss-reactive ketones (excluding diaryl/α,β-unsaturated/α-hetero) is 1. The molecule has 2 fully saturated rings. The second-order valence-corrected chi connectivity index (χ2v) is 25.5. The molecule has 0 amide bonds. The molecule has 4 atom stereocenters. The van der Waals surface area contributed by atoms with Crippen molar-refractivity contribution in [1.29, 1.82) is 0 Å². The van der Waals surface area contributed by atoms with E-state index in [1.54, 1.807) is 6.08 Å². The van der Waals surface area contributed by atoms with Crippen molar-refractivity contribution in [2.24, 2.45) is 22.2 Å². The molecule has 0 unspecified atom stereocenters. The minimum atomic E-state index is -2.33. The molecule has 3 rings (SSSR count). The highest BCUT2D eigenvalue weighted by Crippen LogP contribution is 2.67. The van der Waals surface area contributed by atoms with Crippen LogP contribution >= 0.6 is 0 Å². The summed E-state index contributed by atoms with van der Waals surface area (Å²) in [6.07, 6.45) is 5.25. The van der Waals surface area contributed by atoms with E-state index in [2.05, 4.69) is 95.5 Å². The van der Waals surface area contributed by atoms with E-state index in [9.17, 15) is 4.79 Å². The van der Waals surface area contributed by atoms with Crippen molar-refractivity contribution < 1.29 is 23.2 Å². The highest BCUT2D eigenvalue weighted by molar-refractivity contribution is 6.77. The van der Waals surface area contributed by atoms with Gasteiger partial charge in [0, 0.05) is 12.5 Å². The van der Waals surface area contributed by atoms with Crippen LogP contribution in [0.5, 0.6) is 0 Å². The van der Waals surface area contributed by atoms with Crippen molar-refractivity contribution in [2.45, 2.75) is 136 Å². The van der Waals surface area contributed by atoms with E-state index in [1.807, 2.05) is 6.08 Å². The molecule has 1 heterocycles. The molecular weight excluding hydrogens is 521 g/mol. The number of allylic oxidation sites excluding steroid dienone is 3. The number of carbonyl (C=O) groups excluding carboxylic acids is 2. The van der Waals surface area contributed by atoms with Crippen LogP contribution in [0.15, 0.2) is 24.5 Å². The smallest absolute Gasteiger partial charge is 0.200 e. The molecule has 5 nitrogen and oxygen atoms in total. The molecule has 1 aliphatic heterocycles. The number of fused-ring (bicyclic) bond motifs is 1. The lowest BCUT2D eigenvalue weighted by Gasteiger charge is -2.59. The van der Waals surface area contributed by atoms with E-state index in [1.165, 1.54) is 0 Å². The fourth-order valence-corrected chi connectivity index (χ4v) is 15.8. The molecule has 2 aliphatic carbocycles. The molecule has 1 saturated carbocycles. The van der Waals surface area contributed by atoms with Crippen molar-refractivity contribution in [3.63, 3.8) is 0 Å². The van der Waals surface area contributed by atoms with Crippen LogP contribution in [0.2, 0.25) is 36.3 Å². The Labute approximate surface area is 240 Å². The summed E-state index contributed by atoms with van der Waals surface area (Å²) >= 11 is 0. The maximum absolute atomic E-state index is 15.0. The van der Waals surface area contributed by atoms with Crippen molar-refractivity contribution in [2.75, 3.05) is 6.61 Å². The second kappa shape index (κ2) is 10.4. The zero-order valence-corrected chi connectivity index (χ0v) is 29.1. The van der Waals surface area contributed by atoms with Gasteiger partial charge in [-0.25, -0.2) is 0 Å². The van der Waals surface area contributed by atoms with Crippen LogP contribution in [0, 0.1) is 22.2 Å². The van der Waals surface area contributed by atoms with Crippen LogP contribution in [-0.2, 0) is 23.2 Å². The maximum Gasteiger partial charge on any atom is 0.200 e. The highest BCUT2D eigenvalue weighted by Gasteiger charge is 2.74. The Balaban J connectivity index is 2.16. The fraction of sp³-hybridized carbons (Fsp3) is 0.812. The standard InChI is InChI=1S/C32H56O5Si2/c1-15-16-24-18-31-19-27(30(10,11)37-38(12,13)14)36-26(31)17-25(33)32(28(31)34,29(24,8)9)20-35-39(21(2)3,22(4)5)23(6)7/h15,17,21-24,27H,1,16,18-20H2,2-14H3/t24-,27-,31-,32-/m0/s1. The SMILES string of the molecule is C=CC[C@H]1C[C@]23C[C@@H](C(C)(C)O[Si](C)(C)C)OC2=CC(=O)[C@@](CO[Si](C(C)C)(C(C)C)C(C)C)(C3=O)C1(C)C. The molecule has 1 saturated heterocycles. The zero-order valence-electron chi connectivity index (χ0n) is 27.1. The molecule has 3 aliphatic rings. The van der Waals surface area contributed by atoms with Crippen molar-refractivity contribution in [1.82, 2.24) is 0 Å². The summed E-state index contributed by atoms with van der Waals surface area (Å²) in [5, 5.41) is 0. The lowest BCUT2D eigenvalue weighted by Crippen LogP contribution is -2.68. The van der Waals surface area contributed by atoms with Gasteiger partial charge in [-0.3, -0.25) is 9.59 Å². The van der Waals surface area contributed by atoms with E-state index in [-0.39, 0.29) is 30.2 Å². The van der Waals surface area contributed by atoms with Gasteiger partial charge in [0.25, 0.3) is 0 Å². The molecule has 0 aromatic rings. The van der Waals surface area contributed by atoms with Crippen LogP contribution in [0.4, 0.5) is 0 Å². The molecule has 1 spiro atoms. The summed E-state index contributed by atoms with van der Waals surface area (Å²) in [5.74, 6) is 0.504. The number of hydrogen-bond donors (Lipinski definition) is 0. The molecule has 0 N–H and O–H groups in total. The first-order chi connectivity index (χ1) is 17.7. The first kappa shape index (κ1) is 32.5. The summed E-state index contributed by atoms with van der Waals surface area (Å²) in [6.45, 7) is 32.5. The van der Waals surface area contributed by atoms with Gasteiger partial charge in [0.1, 0.15) is 17.3 Å². The predicted molar refractivity (Wildman–Crippen MR) is 165 cm³/mol. The Hall–Kier alpha value is -1.03. The number of rotatable bonds is 11. The van der Waals surface area contributed by atoms with Gasteiger partial charge in [0.2, 0.25) is 0 Å². The van der Waals surface area contributed by atoms with E-state index in [4.69, 9.17) is 13.6 Å². The maximum atomic E-state index is 15.0. The van der Waals surface area contributed by atoms with Crippen LogP contribution in [0.3, 0.4) is 0 Å². The van der Waals surface area contributed by atoms with Gasteiger partial charge in [-0.05, 0) is 74.3 Å². The molecular formula is C32H56O5Si2. The van der Waals surface area contributed by atoms with Gasteiger partial charge in [0.05, 0.1) is 17.6 Å². The van der Waals surface area contributed by atoms with Gasteiger partial charge in [-0.1, -0.05) is 61.5 Å². The average molecular weight is 577 g/mol. The topological polar surface area (TPSA) is 61.8 Å². The third kappa shape index (κ3) is 4.91. The number of hydrogen-bond acceptors (Lipinski definition) is 5. The lowest BCUT2D eigenvalue weighted by atomic mass is 9.42. The molecule has 2 bridgehead atoms. The third-order valence-electron chi connectivity index (χ3n) is 10.5. The summed E-state index contributed by atoms with van der Waals surface area (Å²) in [4.78, 5) is 29.4. The first-order valence-corrected chi connectivity index (χ1v) is 20.6. The summed E-state index contributed by atoms with van der Waals surface area (Å²) < 4.78 is 20.3. The number of carbonyl (C=O) groups is 2. The molecule has 0 aromatic heterocycles. The van der Waals surface area contributed by atoms with Crippen LogP contribution < -0.4 is 0 Å². The predicted octanol–water partition coefficient (Wildman–Crippen LogP) is 8.23. The van der Waals surface area contributed by atoms with Gasteiger partial charge in [-0.15, -0.1) is 6.58 Å². The summed E-state index contributed by atoms with van der Waals surface area (Å²) in [7, 11) is -4.22. The molecule has 0 radical (unpaired) electrons. The van der Waals surface area contributed by atoms with Crippen LogP contribution in [0.25, 0.3) is 0 Å². The minimum Gasteiger partial charge on any atom is -0.491 e. The molecule has 222 valence electrons. The van der Waals surface area contributed by atoms with E-state index < -0.39 is 38.5 Å². The zero-order chi connectivity index (χ0) is 30.0. The van der Waals surface area contributed by atoms with E-state index in [0.717, 1.165) is 6.42 Å². The quantitative estimate of drug-likeness (QED) is 0.141. The van der Waals surface area contributed by atoms with Crippen LogP contribution in [-0.4, -0.2) is 46.5 Å². The lowest BCUT2D eigenvalue weighted by molar-refractivity contribution is -0.173. The third-order valence-corrected chi connectivity index (χ3v) is 17.7. The Bertz CT molecular complexity index is 996. The average Bonchev–Trinajstić information content (AvgIpc) is 3.12. The van der Waals surface area contributed by atoms with Gasteiger partial charge in [0.15, 0.2) is 28.2 Å². The van der Waals surface area contributed by atoms with E-state index in [0.29, 0.717) is 35.2 Å². The summed E-state index contributed by atoms with van der Waals surface area (Å²) in [5.41, 5.74) is -2.16. The molecule has 7 heteroatoms. The first-order valence-electron chi connectivity index (χ1n) is 15.1. The highest BCUT2D eigenvalue weighted by atomic mass is 28.4. The van der Waals surface area contributed by atoms with Crippen molar-refractivity contribution >= 4 is 28.2 Å². The van der Waals surface area contributed by atoms with Gasteiger partial charge >= 0.3 is 0 Å². The normalized spacial score (nSPS) is 31.0. The Morgan fingerprint density at radius 2 is 1.59 bits per heavy atom. The van der Waals surface area contributed by atoms with Crippen molar-refractivity contribution in [3.8, 4) is 0 Å². The summed E-state index contributed by atoms with van der Waals surface area (Å²) in [6, 6.07) is 0. The number of ether oxygens (including phenoxy) is 1. The largest absolute Gasteiger partial charge is 0.491 e. The minimum absolute atomic E-state index is 0.00767. The number of ketones is 2. The van der Waals surface area contributed by atoms with Gasteiger partial charge < -0.3 is 13.6 Å². The monoisotopic (exact) mass is 576 g/mol. The van der Waals surface area contributed by atoms with Gasteiger partial charge in [-0.2, -0.15) is 0 Å². The Morgan fingerprint density at radius 1 is 1.05 bits per heavy atom. The molecule has 39 heavy (non-hydrogen) atoms. The van der Waals surface area contributed by atoms with Crippen molar-refractivity contribution in [3.05, 3.63) is 24.5 Å². The second-order valence-electron chi connectivity index (χ2n) is 15.6.